The van der Waals surface area contributed by atoms with Gasteiger partial charge in [0.1, 0.15) is 18.0 Å². The quantitative estimate of drug-likeness (QED) is 0.297. The molecule has 0 fully saturated rings. The molecular formula is C26H40N6O3Si. The Balaban J connectivity index is 1.59. The molecule has 36 heavy (non-hydrogen) atoms. The molecule has 2 N–H and O–H groups in total. The van der Waals surface area contributed by atoms with Gasteiger partial charge in [-0.25, -0.2) is 19.4 Å². The van der Waals surface area contributed by atoms with E-state index in [-0.39, 0.29) is 5.41 Å². The summed E-state index contributed by atoms with van der Waals surface area (Å²) in [6.45, 7) is 18.4. The fourth-order valence-electron chi connectivity index (χ4n) is 4.33. The Kier molecular flexibility index (Phi) is 7.04. The van der Waals surface area contributed by atoms with Gasteiger partial charge < -0.3 is 14.5 Å². The Labute approximate surface area is 214 Å². The van der Waals surface area contributed by atoms with Crippen LogP contribution in [0.25, 0.3) is 22.7 Å². The number of H-pyrrole nitrogens is 1. The van der Waals surface area contributed by atoms with Gasteiger partial charge in [0.15, 0.2) is 11.5 Å². The van der Waals surface area contributed by atoms with Crippen LogP contribution < -0.4 is 5.32 Å². The number of hydrogen-bond acceptors (Lipinski definition) is 6. The van der Waals surface area contributed by atoms with Crippen LogP contribution in [-0.4, -0.2) is 51.1 Å². The van der Waals surface area contributed by atoms with Gasteiger partial charge in [0.25, 0.3) is 0 Å². The average Bonchev–Trinajstić information content (AvgIpc) is 3.29. The van der Waals surface area contributed by atoms with Gasteiger partial charge in [-0.05, 0) is 57.6 Å². The minimum atomic E-state index is -1.15. The molecule has 1 amide bonds. The third-order valence-corrected chi connectivity index (χ3v) is 7.99. The lowest BCUT2D eigenvalue weighted by Crippen LogP contribution is -2.27. The zero-order valence-corrected chi connectivity index (χ0v) is 23.9. The number of carbonyl (C=O) groups is 1. The molecular weight excluding hydrogens is 472 g/mol. The molecule has 0 spiro atoms. The largest absolute Gasteiger partial charge is 0.444 e. The summed E-state index contributed by atoms with van der Waals surface area (Å²) >= 11 is 0. The van der Waals surface area contributed by atoms with Gasteiger partial charge in [0, 0.05) is 25.9 Å². The molecule has 0 bridgehead atoms. The molecule has 0 saturated heterocycles. The summed E-state index contributed by atoms with van der Waals surface area (Å²) in [4.78, 5) is 24.7. The van der Waals surface area contributed by atoms with E-state index < -0.39 is 19.8 Å². The number of nitrogens with zero attached hydrogens (tertiary/aromatic N) is 4. The topological polar surface area (TPSA) is 107 Å². The van der Waals surface area contributed by atoms with E-state index in [1.165, 1.54) is 11.3 Å². The van der Waals surface area contributed by atoms with Gasteiger partial charge in [-0.15, -0.1) is 0 Å². The van der Waals surface area contributed by atoms with Gasteiger partial charge in [-0.3, -0.25) is 5.32 Å². The Morgan fingerprint density at radius 2 is 2.03 bits per heavy atom. The lowest BCUT2D eigenvalue weighted by molar-refractivity contribution is 0.0636. The fourth-order valence-corrected chi connectivity index (χ4v) is 5.08. The predicted octanol–water partition coefficient (Wildman–Crippen LogP) is 6.00. The van der Waals surface area contributed by atoms with Crippen molar-refractivity contribution in [3.8, 4) is 11.5 Å². The zero-order chi connectivity index (χ0) is 26.3. The van der Waals surface area contributed by atoms with Crippen molar-refractivity contribution in [1.82, 2.24) is 24.7 Å². The highest BCUT2D eigenvalue weighted by Crippen LogP contribution is 2.38. The van der Waals surface area contributed by atoms with Crippen LogP contribution in [0.15, 0.2) is 12.3 Å². The van der Waals surface area contributed by atoms with Crippen LogP contribution in [0.5, 0.6) is 0 Å². The highest BCUT2D eigenvalue weighted by Gasteiger charge is 2.32. The normalized spacial score (nSPS) is 15.7. The van der Waals surface area contributed by atoms with E-state index in [9.17, 15) is 4.79 Å². The first-order valence-corrected chi connectivity index (χ1v) is 16.4. The van der Waals surface area contributed by atoms with Gasteiger partial charge in [0.2, 0.25) is 0 Å². The summed E-state index contributed by atoms with van der Waals surface area (Å²) in [5, 5.41) is 7.70. The van der Waals surface area contributed by atoms with Crippen LogP contribution in [0.2, 0.25) is 25.7 Å². The highest BCUT2D eigenvalue weighted by molar-refractivity contribution is 6.76. The molecule has 3 aromatic heterocycles. The van der Waals surface area contributed by atoms with E-state index in [2.05, 4.69) is 48.8 Å². The fraction of sp³-hybridized carbons (Fsp3) is 0.615. The van der Waals surface area contributed by atoms with Crippen molar-refractivity contribution in [1.29, 1.82) is 0 Å². The van der Waals surface area contributed by atoms with Crippen molar-refractivity contribution in [3.63, 3.8) is 0 Å². The van der Waals surface area contributed by atoms with Crippen molar-refractivity contribution in [2.45, 2.75) is 91.9 Å². The molecule has 0 aromatic carbocycles. The Morgan fingerprint density at radius 3 is 2.72 bits per heavy atom. The number of nitrogens with one attached hydrogen (secondary N) is 2. The first-order chi connectivity index (χ1) is 16.7. The number of imidazole rings is 1. The van der Waals surface area contributed by atoms with Crippen LogP contribution in [-0.2, 0) is 29.0 Å². The van der Waals surface area contributed by atoms with E-state index in [0.717, 1.165) is 43.1 Å². The molecule has 196 valence electrons. The molecule has 0 aliphatic heterocycles. The molecule has 1 aliphatic rings. The molecule has 10 heteroatoms. The Hall–Kier alpha value is -2.72. The number of rotatable bonds is 7. The summed E-state index contributed by atoms with van der Waals surface area (Å²) in [7, 11) is -1.15. The molecule has 0 atom stereocenters. The predicted molar refractivity (Wildman–Crippen MR) is 145 cm³/mol. The molecule has 3 heterocycles. The number of fused-ring (bicyclic) bond motifs is 2. The maximum atomic E-state index is 12.2. The molecule has 0 radical (unpaired) electrons. The van der Waals surface area contributed by atoms with Crippen LogP contribution >= 0.6 is 0 Å². The van der Waals surface area contributed by atoms with Gasteiger partial charge in [-0.1, -0.05) is 33.5 Å². The Bertz CT molecular complexity index is 1250. The summed E-state index contributed by atoms with van der Waals surface area (Å²) in [6, 6.07) is 2.94. The lowest BCUT2D eigenvalue weighted by atomic mass is 9.76. The second-order valence-electron chi connectivity index (χ2n) is 12.8. The second-order valence-corrected chi connectivity index (χ2v) is 18.4. The maximum absolute atomic E-state index is 12.2. The van der Waals surface area contributed by atoms with E-state index >= 15 is 0 Å². The number of amides is 1. The molecule has 9 nitrogen and oxygen atoms in total. The maximum Gasteiger partial charge on any atom is 0.412 e. The third-order valence-electron chi connectivity index (χ3n) is 6.28. The van der Waals surface area contributed by atoms with Gasteiger partial charge >= 0.3 is 6.09 Å². The monoisotopic (exact) mass is 512 g/mol. The molecule has 3 aromatic rings. The second kappa shape index (κ2) is 9.62. The van der Waals surface area contributed by atoms with E-state index in [1.807, 2.05) is 31.5 Å². The number of anilines is 1. The summed E-state index contributed by atoms with van der Waals surface area (Å²) in [6.07, 6.45) is 4.06. The van der Waals surface area contributed by atoms with Crippen molar-refractivity contribution in [2.75, 3.05) is 11.9 Å². The smallest absolute Gasteiger partial charge is 0.412 e. The van der Waals surface area contributed by atoms with Crippen LogP contribution in [0.3, 0.4) is 0 Å². The average molecular weight is 513 g/mol. The van der Waals surface area contributed by atoms with Crippen LogP contribution in [0.1, 0.15) is 52.3 Å². The van der Waals surface area contributed by atoms with E-state index in [4.69, 9.17) is 19.6 Å². The van der Waals surface area contributed by atoms with Gasteiger partial charge in [-0.2, -0.15) is 5.10 Å². The summed E-state index contributed by atoms with van der Waals surface area (Å²) in [5.74, 6) is 0.684. The number of hydrogen-bond donors (Lipinski definition) is 2. The minimum Gasteiger partial charge on any atom is -0.444 e. The first kappa shape index (κ1) is 26.3. The van der Waals surface area contributed by atoms with Gasteiger partial charge in [0.05, 0.1) is 17.4 Å². The van der Waals surface area contributed by atoms with E-state index in [0.29, 0.717) is 23.9 Å². The van der Waals surface area contributed by atoms with Crippen molar-refractivity contribution in [3.05, 3.63) is 23.5 Å². The minimum absolute atomic E-state index is 0.220. The zero-order valence-electron chi connectivity index (χ0n) is 22.9. The number of aromatic nitrogens is 5. The first-order valence-electron chi connectivity index (χ1n) is 12.7. The SMILES string of the molecule is CC1(C)CCc2c(-c3nc4ncc(NC(=O)OC(C)(C)C)cc4[nH]3)nn(COCC[Si](C)(C)C)c2C1. The number of carbonyl (C=O) groups excluding carboxylic acids is 1. The van der Waals surface area contributed by atoms with Crippen molar-refractivity contribution in [2.24, 2.45) is 5.41 Å². The summed E-state index contributed by atoms with van der Waals surface area (Å²) < 4.78 is 13.4. The highest BCUT2D eigenvalue weighted by atomic mass is 28.3. The Morgan fingerprint density at radius 1 is 1.28 bits per heavy atom. The number of ether oxygens (including phenoxy) is 2. The lowest BCUT2D eigenvalue weighted by Gasteiger charge is -2.30. The summed E-state index contributed by atoms with van der Waals surface area (Å²) in [5.41, 5.74) is 4.80. The third kappa shape index (κ3) is 6.53. The van der Waals surface area contributed by atoms with Crippen molar-refractivity contribution < 1.29 is 14.3 Å². The van der Waals surface area contributed by atoms with Crippen LogP contribution in [0.4, 0.5) is 10.5 Å². The molecule has 0 unspecified atom stereocenters. The number of pyridine rings is 1. The standard InChI is InChI=1S/C26H40N6O3Si/c1-25(2,3)35-24(33)28-17-13-19-22(27-15-17)30-23(29-19)21-18-9-10-26(4,5)14-20(18)32(31-21)16-34-11-12-36(6,7)8/h13,15H,9-12,14,16H2,1-8H3,(H,28,33)(H,27,29,30). The molecule has 1 aliphatic carbocycles. The molecule has 4 rings (SSSR count). The number of aromatic amines is 1. The van der Waals surface area contributed by atoms with Crippen molar-refractivity contribution >= 4 is 31.0 Å². The van der Waals surface area contributed by atoms with Crippen LogP contribution in [0, 0.1) is 5.41 Å². The molecule has 0 saturated carbocycles. The van der Waals surface area contributed by atoms with E-state index in [1.54, 1.807) is 6.20 Å².